The molecule has 0 fully saturated rings. The van der Waals surface area contributed by atoms with Crippen molar-refractivity contribution in [2.75, 3.05) is 6.54 Å². The molecule has 1 unspecified atom stereocenters. The van der Waals surface area contributed by atoms with Crippen LogP contribution in [0.4, 0.5) is 0 Å². The molecule has 1 N–H and O–H groups in total. The predicted octanol–water partition coefficient (Wildman–Crippen LogP) is 1.00. The van der Waals surface area contributed by atoms with E-state index in [0.717, 1.165) is 30.8 Å². The van der Waals surface area contributed by atoms with Gasteiger partial charge in [0, 0.05) is 44.5 Å². The van der Waals surface area contributed by atoms with Gasteiger partial charge in [0.25, 0.3) is 0 Å². The highest BCUT2D eigenvalue weighted by molar-refractivity contribution is 5.23. The molecule has 0 amide bonds. The maximum absolute atomic E-state index is 4.51. The summed E-state index contributed by atoms with van der Waals surface area (Å²) in [5.74, 6) is 0. The highest BCUT2D eigenvalue weighted by atomic mass is 15.4. The van der Waals surface area contributed by atoms with Crippen molar-refractivity contribution in [3.05, 3.63) is 29.3 Å². The lowest BCUT2D eigenvalue weighted by Gasteiger charge is -2.16. The van der Waals surface area contributed by atoms with Crippen LogP contribution >= 0.6 is 0 Å². The van der Waals surface area contributed by atoms with Gasteiger partial charge in [0.15, 0.2) is 0 Å². The fourth-order valence-electron chi connectivity index (χ4n) is 2.36. The van der Waals surface area contributed by atoms with Crippen LogP contribution < -0.4 is 5.32 Å². The number of rotatable bonds is 6. The molecule has 104 valence electrons. The molecule has 0 bridgehead atoms. The summed E-state index contributed by atoms with van der Waals surface area (Å²) < 4.78 is 3.62. The number of hydrogen-bond acceptors (Lipinski definition) is 4. The van der Waals surface area contributed by atoms with Gasteiger partial charge in [-0.25, -0.2) is 0 Å². The summed E-state index contributed by atoms with van der Waals surface area (Å²) in [6, 6.07) is 0.241. The normalized spacial score (nSPS) is 12.8. The first kappa shape index (κ1) is 13.7. The summed E-state index contributed by atoms with van der Waals surface area (Å²) >= 11 is 0. The minimum Gasteiger partial charge on any atom is -0.310 e. The largest absolute Gasteiger partial charge is 0.310 e. The molecule has 2 rings (SSSR count). The fraction of sp³-hybridized carbons (Fsp3) is 0.615. The quantitative estimate of drug-likeness (QED) is 0.844. The van der Waals surface area contributed by atoms with Gasteiger partial charge >= 0.3 is 0 Å². The zero-order valence-electron chi connectivity index (χ0n) is 12.1. The number of nitrogens with one attached hydrogen (secondary N) is 1. The summed E-state index contributed by atoms with van der Waals surface area (Å²) in [6.07, 6.45) is 5.84. The molecule has 0 aromatic carbocycles. The third-order valence-electron chi connectivity index (χ3n) is 3.16. The van der Waals surface area contributed by atoms with Gasteiger partial charge in [-0.2, -0.15) is 5.10 Å². The lowest BCUT2D eigenvalue weighted by Crippen LogP contribution is -2.23. The van der Waals surface area contributed by atoms with Gasteiger partial charge in [0.2, 0.25) is 0 Å². The first-order valence-corrected chi connectivity index (χ1v) is 6.75. The molecule has 19 heavy (non-hydrogen) atoms. The van der Waals surface area contributed by atoms with E-state index in [1.54, 1.807) is 4.68 Å². The van der Waals surface area contributed by atoms with Gasteiger partial charge < -0.3 is 5.32 Å². The first-order valence-electron chi connectivity index (χ1n) is 6.75. The second-order valence-electron chi connectivity index (χ2n) is 4.76. The SMILES string of the molecule is CCNC(Cc1cn(C)nn1)c1cn(C)nc1CC. The number of likely N-dealkylation sites (N-methyl/N-ethyl adjacent to an activating group) is 1. The Morgan fingerprint density at radius 3 is 2.58 bits per heavy atom. The van der Waals surface area contributed by atoms with E-state index < -0.39 is 0 Å². The number of nitrogens with zero attached hydrogens (tertiary/aromatic N) is 5. The van der Waals surface area contributed by atoms with Crippen LogP contribution in [0.1, 0.15) is 36.8 Å². The van der Waals surface area contributed by atoms with E-state index in [9.17, 15) is 0 Å². The van der Waals surface area contributed by atoms with Gasteiger partial charge in [0.1, 0.15) is 0 Å². The van der Waals surface area contributed by atoms with Crippen molar-refractivity contribution in [2.24, 2.45) is 14.1 Å². The standard InChI is InChI=1S/C13H22N6/c1-5-12-11(9-18(3)16-12)13(14-6-2)7-10-8-19(4)17-15-10/h8-9,13-14H,5-7H2,1-4H3. The van der Waals surface area contributed by atoms with Crippen molar-refractivity contribution >= 4 is 0 Å². The van der Waals surface area contributed by atoms with Crippen LogP contribution in [0.5, 0.6) is 0 Å². The highest BCUT2D eigenvalue weighted by Gasteiger charge is 2.18. The van der Waals surface area contributed by atoms with Gasteiger partial charge in [0.05, 0.1) is 11.4 Å². The smallest absolute Gasteiger partial charge is 0.0845 e. The van der Waals surface area contributed by atoms with E-state index in [0.29, 0.717) is 0 Å². The van der Waals surface area contributed by atoms with Crippen molar-refractivity contribution in [1.29, 1.82) is 0 Å². The zero-order valence-corrected chi connectivity index (χ0v) is 12.1. The van der Waals surface area contributed by atoms with E-state index in [4.69, 9.17) is 0 Å². The summed E-state index contributed by atoms with van der Waals surface area (Å²) in [5.41, 5.74) is 3.41. The van der Waals surface area contributed by atoms with Crippen molar-refractivity contribution in [2.45, 2.75) is 32.7 Å². The Labute approximate surface area is 113 Å². The molecule has 0 aliphatic rings. The summed E-state index contributed by atoms with van der Waals surface area (Å²) in [6.45, 7) is 5.17. The van der Waals surface area contributed by atoms with Gasteiger partial charge in [-0.15, -0.1) is 5.10 Å². The molecule has 6 heteroatoms. The monoisotopic (exact) mass is 262 g/mol. The van der Waals surface area contributed by atoms with Gasteiger partial charge in [-0.1, -0.05) is 19.1 Å². The molecule has 0 aliphatic heterocycles. The number of aryl methyl sites for hydroxylation is 3. The minimum atomic E-state index is 0.241. The van der Waals surface area contributed by atoms with E-state index in [-0.39, 0.29) is 6.04 Å². The molecule has 0 saturated heterocycles. The van der Waals surface area contributed by atoms with Gasteiger partial charge in [-0.05, 0) is 13.0 Å². The lowest BCUT2D eigenvalue weighted by molar-refractivity contribution is 0.539. The zero-order chi connectivity index (χ0) is 13.8. The van der Waals surface area contributed by atoms with E-state index >= 15 is 0 Å². The fourth-order valence-corrected chi connectivity index (χ4v) is 2.36. The predicted molar refractivity (Wildman–Crippen MR) is 73.7 cm³/mol. The second kappa shape index (κ2) is 5.97. The molecular formula is C13H22N6. The Bertz CT molecular complexity index is 527. The van der Waals surface area contributed by atoms with Crippen LogP contribution in [-0.2, 0) is 26.9 Å². The van der Waals surface area contributed by atoms with Crippen molar-refractivity contribution < 1.29 is 0 Å². The van der Waals surface area contributed by atoms with Crippen LogP contribution in [0.3, 0.4) is 0 Å². The summed E-state index contributed by atoms with van der Waals surface area (Å²) in [7, 11) is 3.86. The maximum Gasteiger partial charge on any atom is 0.0845 e. The van der Waals surface area contributed by atoms with E-state index in [1.165, 1.54) is 5.56 Å². The molecule has 1 atom stereocenters. The molecule has 0 aliphatic carbocycles. The van der Waals surface area contributed by atoms with E-state index in [1.807, 2.05) is 25.0 Å². The highest BCUT2D eigenvalue weighted by Crippen LogP contribution is 2.21. The molecule has 2 aromatic rings. The first-order chi connectivity index (χ1) is 9.13. The average Bonchev–Trinajstić information content (AvgIpc) is 2.94. The van der Waals surface area contributed by atoms with Crippen LogP contribution in [-0.4, -0.2) is 31.3 Å². The Balaban J connectivity index is 2.23. The molecule has 0 saturated carbocycles. The molecular weight excluding hydrogens is 240 g/mol. The van der Waals surface area contributed by atoms with Crippen LogP contribution in [0, 0.1) is 0 Å². The topological polar surface area (TPSA) is 60.6 Å². The molecule has 0 spiro atoms. The Morgan fingerprint density at radius 2 is 2.00 bits per heavy atom. The second-order valence-corrected chi connectivity index (χ2v) is 4.76. The number of hydrogen-bond donors (Lipinski definition) is 1. The minimum absolute atomic E-state index is 0.241. The Kier molecular flexibility index (Phi) is 4.31. The Hall–Kier alpha value is -1.69. The van der Waals surface area contributed by atoms with Crippen molar-refractivity contribution in [3.8, 4) is 0 Å². The third kappa shape index (κ3) is 3.20. The molecule has 2 aromatic heterocycles. The average molecular weight is 262 g/mol. The van der Waals surface area contributed by atoms with Crippen LogP contribution in [0.25, 0.3) is 0 Å². The maximum atomic E-state index is 4.51. The van der Waals surface area contributed by atoms with Crippen molar-refractivity contribution in [3.63, 3.8) is 0 Å². The molecule has 0 radical (unpaired) electrons. The summed E-state index contributed by atoms with van der Waals surface area (Å²) in [5, 5.41) is 16.2. The number of aromatic nitrogens is 5. The summed E-state index contributed by atoms with van der Waals surface area (Å²) in [4.78, 5) is 0. The van der Waals surface area contributed by atoms with Gasteiger partial charge in [-0.3, -0.25) is 9.36 Å². The van der Waals surface area contributed by atoms with Crippen molar-refractivity contribution in [1.82, 2.24) is 30.1 Å². The van der Waals surface area contributed by atoms with Crippen LogP contribution in [0.2, 0.25) is 0 Å². The Morgan fingerprint density at radius 1 is 1.21 bits per heavy atom. The molecule has 2 heterocycles. The van der Waals surface area contributed by atoms with E-state index in [2.05, 4.69) is 40.8 Å². The molecule has 6 nitrogen and oxygen atoms in total. The lowest BCUT2D eigenvalue weighted by atomic mass is 10.0. The van der Waals surface area contributed by atoms with Crippen LogP contribution in [0.15, 0.2) is 12.4 Å². The third-order valence-corrected chi connectivity index (χ3v) is 3.16.